The number of aromatic nitrogens is 6. The fourth-order valence-electron chi connectivity index (χ4n) is 10.4. The summed E-state index contributed by atoms with van der Waals surface area (Å²) in [6.45, 7) is 10.7. The summed E-state index contributed by atoms with van der Waals surface area (Å²) in [5.74, 6) is 0. The van der Waals surface area contributed by atoms with Crippen LogP contribution in [0.5, 0.6) is 0 Å². The van der Waals surface area contributed by atoms with Crippen LogP contribution in [0.15, 0.2) is 92.0 Å². The molecule has 9 aromatic rings. The molecule has 0 radical (unpaired) electrons. The number of aryl methyl sites for hydroxylation is 4. The normalized spacial score (nSPS) is 12.2. The van der Waals surface area contributed by atoms with E-state index in [9.17, 15) is 9.59 Å². The van der Waals surface area contributed by atoms with E-state index in [-0.39, 0.29) is 22.2 Å². The Morgan fingerprint density at radius 1 is 0.303 bits per heavy atom. The summed E-state index contributed by atoms with van der Waals surface area (Å²) in [5.41, 5.74) is 1.75. The molecule has 0 aliphatic carbocycles. The minimum atomic E-state index is -0.191. The van der Waals surface area contributed by atoms with Gasteiger partial charge in [0.1, 0.15) is 22.6 Å². The molecule has 0 bridgehead atoms. The Morgan fingerprint density at radius 2 is 0.561 bits per heavy atom. The van der Waals surface area contributed by atoms with Crippen molar-refractivity contribution < 1.29 is 0 Å². The predicted octanol–water partition coefficient (Wildman–Crippen LogP) is 12.7. The molecule has 0 unspecified atom stereocenters. The summed E-state index contributed by atoms with van der Waals surface area (Å²) in [6.07, 6.45) is 15.9. The maximum atomic E-state index is 15.1. The number of hydrogen-bond donors (Lipinski definition) is 0. The third-order valence-electron chi connectivity index (χ3n) is 14.0. The highest BCUT2D eigenvalue weighted by Crippen LogP contribution is 2.35. The van der Waals surface area contributed by atoms with Gasteiger partial charge < -0.3 is 0 Å². The summed E-state index contributed by atoms with van der Waals surface area (Å²) in [5, 5.41) is 8.60. The van der Waals surface area contributed by atoms with Crippen molar-refractivity contribution in [1.29, 1.82) is 0 Å². The standard InChI is InChI=1S/C56H64N6O4/c1-5-9-13-21-29-59-49-43(37-25-17-19-27-39(37)53(59)63)34-45-41-33-42-46-35-44-38-26-18-20-28-40(38)54(64)60(30-22-14-10-6-2)50(44)58-52(46)62(32-24-16-12-8-4)56(66)48(42)36-47(41)55(65)61(51(45)57-49)31-23-15-11-7-3/h17-20,25-28,33-36H,5-16,21-24,29-32H2,1-4H3. The Balaban J connectivity index is 1.40. The summed E-state index contributed by atoms with van der Waals surface area (Å²) < 4.78 is 7.24. The summed E-state index contributed by atoms with van der Waals surface area (Å²) in [7, 11) is 0. The zero-order valence-corrected chi connectivity index (χ0v) is 39.4. The van der Waals surface area contributed by atoms with Crippen molar-refractivity contribution in [1.82, 2.24) is 28.2 Å². The lowest BCUT2D eigenvalue weighted by molar-refractivity contribution is 0.577. The first kappa shape index (κ1) is 45.0. The van der Waals surface area contributed by atoms with Crippen LogP contribution in [0.4, 0.5) is 0 Å². The maximum absolute atomic E-state index is 15.1. The third kappa shape index (κ3) is 8.11. The number of benzene rings is 3. The molecule has 3 aromatic carbocycles. The molecule has 0 atom stereocenters. The smallest absolute Gasteiger partial charge is 0.260 e. The Hall–Kier alpha value is -6.16. The zero-order valence-electron chi connectivity index (χ0n) is 39.4. The number of rotatable bonds is 20. The van der Waals surface area contributed by atoms with E-state index in [0.29, 0.717) is 81.1 Å². The van der Waals surface area contributed by atoms with Gasteiger partial charge in [0, 0.05) is 69.3 Å². The van der Waals surface area contributed by atoms with Crippen LogP contribution in [0.25, 0.3) is 87.2 Å². The Kier molecular flexibility index (Phi) is 13.5. The molecule has 0 fully saturated rings. The molecule has 9 rings (SSSR count). The van der Waals surface area contributed by atoms with Crippen LogP contribution < -0.4 is 22.2 Å². The lowest BCUT2D eigenvalue weighted by Crippen LogP contribution is -2.26. The van der Waals surface area contributed by atoms with Gasteiger partial charge in [-0.05, 0) is 83.6 Å². The molecule has 0 aliphatic rings. The SMILES string of the molecule is CCCCCCn1c(=O)c2ccccc2c2cc3c4cc5c(cc4c(=O)n(CCCCCC)c3nc21)c(=O)n(CCCCCC)c1nc2c(cc51)c1ccccc1c(=O)n2CCCCCC. The Morgan fingerprint density at radius 3 is 0.879 bits per heavy atom. The van der Waals surface area contributed by atoms with Crippen molar-refractivity contribution in [3.05, 3.63) is 114 Å². The second-order valence-electron chi connectivity index (χ2n) is 18.6. The highest BCUT2D eigenvalue weighted by atomic mass is 16.1. The fraction of sp³-hybridized carbons (Fsp3) is 0.429. The number of fused-ring (bicyclic) bond motifs is 12. The zero-order chi connectivity index (χ0) is 45.9. The van der Waals surface area contributed by atoms with Gasteiger partial charge in [-0.25, -0.2) is 9.97 Å². The fourth-order valence-corrected chi connectivity index (χ4v) is 10.4. The Bertz CT molecular complexity index is 3310. The van der Waals surface area contributed by atoms with Gasteiger partial charge in [0.05, 0.1) is 0 Å². The lowest BCUT2D eigenvalue weighted by atomic mass is 9.98. The molecule has 0 N–H and O–H groups in total. The van der Waals surface area contributed by atoms with Crippen LogP contribution in [0.2, 0.25) is 0 Å². The first-order chi connectivity index (χ1) is 32.3. The second-order valence-corrected chi connectivity index (χ2v) is 18.6. The molecule has 0 amide bonds. The minimum absolute atomic E-state index is 0.0684. The van der Waals surface area contributed by atoms with E-state index < -0.39 is 0 Å². The average molecular weight is 885 g/mol. The summed E-state index contributed by atoms with van der Waals surface area (Å²) in [6, 6.07) is 23.6. The van der Waals surface area contributed by atoms with E-state index in [2.05, 4.69) is 39.8 Å². The third-order valence-corrected chi connectivity index (χ3v) is 14.0. The van der Waals surface area contributed by atoms with Gasteiger partial charge in [-0.2, -0.15) is 0 Å². The van der Waals surface area contributed by atoms with E-state index in [1.165, 1.54) is 0 Å². The Labute approximate surface area is 384 Å². The number of nitrogens with zero attached hydrogens (tertiary/aromatic N) is 6. The van der Waals surface area contributed by atoms with E-state index in [0.717, 1.165) is 135 Å². The van der Waals surface area contributed by atoms with Crippen molar-refractivity contribution in [2.24, 2.45) is 0 Å². The van der Waals surface area contributed by atoms with E-state index in [1.54, 1.807) is 9.13 Å². The quantitative estimate of drug-likeness (QED) is 0.0428. The second kappa shape index (κ2) is 19.7. The molecule has 6 aromatic heterocycles. The molecule has 10 nitrogen and oxygen atoms in total. The minimum Gasteiger partial charge on any atom is -0.292 e. The van der Waals surface area contributed by atoms with Crippen molar-refractivity contribution in [3.63, 3.8) is 0 Å². The molecule has 6 heterocycles. The maximum Gasteiger partial charge on any atom is 0.260 e. The van der Waals surface area contributed by atoms with E-state index in [4.69, 9.17) is 9.97 Å². The van der Waals surface area contributed by atoms with Gasteiger partial charge >= 0.3 is 0 Å². The number of unbranched alkanes of at least 4 members (excludes halogenated alkanes) is 12. The van der Waals surface area contributed by atoms with E-state index in [1.807, 2.05) is 69.8 Å². The predicted molar refractivity (Wildman–Crippen MR) is 276 cm³/mol. The van der Waals surface area contributed by atoms with Crippen LogP contribution in [0.1, 0.15) is 130 Å². The van der Waals surface area contributed by atoms with Crippen molar-refractivity contribution in [2.45, 2.75) is 157 Å². The molecule has 66 heavy (non-hydrogen) atoms. The summed E-state index contributed by atoms with van der Waals surface area (Å²) in [4.78, 5) is 69.5. The number of hydrogen-bond acceptors (Lipinski definition) is 6. The van der Waals surface area contributed by atoms with Crippen LogP contribution in [0.3, 0.4) is 0 Å². The van der Waals surface area contributed by atoms with Crippen molar-refractivity contribution in [2.75, 3.05) is 0 Å². The van der Waals surface area contributed by atoms with Crippen molar-refractivity contribution >= 4 is 87.2 Å². The molecule has 0 saturated carbocycles. The van der Waals surface area contributed by atoms with Gasteiger partial charge in [-0.15, -0.1) is 0 Å². The first-order valence-electron chi connectivity index (χ1n) is 25.1. The molecular weight excluding hydrogens is 821 g/mol. The van der Waals surface area contributed by atoms with Crippen LogP contribution in [0, 0.1) is 0 Å². The van der Waals surface area contributed by atoms with Gasteiger partial charge in [-0.3, -0.25) is 37.4 Å². The molecule has 0 aliphatic heterocycles. The topological polar surface area (TPSA) is 114 Å². The first-order valence-corrected chi connectivity index (χ1v) is 25.1. The van der Waals surface area contributed by atoms with Crippen LogP contribution in [-0.4, -0.2) is 28.2 Å². The average Bonchev–Trinajstić information content (AvgIpc) is 3.34. The lowest BCUT2D eigenvalue weighted by Gasteiger charge is -2.19. The van der Waals surface area contributed by atoms with Crippen LogP contribution in [-0.2, 0) is 26.2 Å². The molecule has 0 saturated heterocycles. The molecule has 10 heteroatoms. The highest BCUT2D eigenvalue weighted by Gasteiger charge is 2.23. The molecular formula is C56H64N6O4. The molecule has 0 spiro atoms. The van der Waals surface area contributed by atoms with Gasteiger partial charge in [0.25, 0.3) is 22.2 Å². The van der Waals surface area contributed by atoms with Gasteiger partial charge in [0.15, 0.2) is 0 Å². The molecule has 342 valence electrons. The summed E-state index contributed by atoms with van der Waals surface area (Å²) >= 11 is 0. The van der Waals surface area contributed by atoms with Crippen LogP contribution >= 0.6 is 0 Å². The van der Waals surface area contributed by atoms with E-state index >= 15 is 9.59 Å². The number of pyridine rings is 6. The van der Waals surface area contributed by atoms with Crippen molar-refractivity contribution in [3.8, 4) is 0 Å². The monoisotopic (exact) mass is 884 g/mol. The highest BCUT2D eigenvalue weighted by molar-refractivity contribution is 6.20. The largest absolute Gasteiger partial charge is 0.292 e. The van der Waals surface area contributed by atoms with Gasteiger partial charge in [0.2, 0.25) is 0 Å². The van der Waals surface area contributed by atoms with Gasteiger partial charge in [-0.1, -0.05) is 141 Å².